The molecule has 4 aromatic rings. The van der Waals surface area contributed by atoms with Gasteiger partial charge in [-0.3, -0.25) is 4.79 Å². The van der Waals surface area contributed by atoms with Crippen molar-refractivity contribution in [3.05, 3.63) is 72.3 Å². The minimum Gasteiger partial charge on any atom is -0.326 e. The van der Waals surface area contributed by atoms with Gasteiger partial charge in [0.2, 0.25) is 5.91 Å². The molecule has 1 amide bonds. The first-order valence-corrected chi connectivity index (χ1v) is 10.5. The molecule has 3 aromatic carbocycles. The lowest BCUT2D eigenvalue weighted by atomic mass is 10.1. The number of carbonyl (C=O) groups excluding carboxylic acids is 1. The van der Waals surface area contributed by atoms with Crippen LogP contribution >= 0.6 is 11.8 Å². The second kappa shape index (κ2) is 8.49. The quantitative estimate of drug-likeness (QED) is 0.446. The van der Waals surface area contributed by atoms with E-state index in [9.17, 15) is 4.79 Å². The highest BCUT2D eigenvalue weighted by Gasteiger charge is 2.13. The van der Waals surface area contributed by atoms with Crippen LogP contribution in [0.15, 0.2) is 71.9 Å². The first kappa shape index (κ1) is 19.2. The summed E-state index contributed by atoms with van der Waals surface area (Å²) in [4.78, 5) is 11.7. The number of nitrogens with zero attached hydrogens (tertiary/aromatic N) is 3. The van der Waals surface area contributed by atoms with Gasteiger partial charge in [0, 0.05) is 30.5 Å². The molecule has 0 bridgehead atoms. The van der Waals surface area contributed by atoms with Crippen LogP contribution in [0.4, 0.5) is 5.69 Å². The molecule has 1 N–H and O–H groups in total. The molecule has 29 heavy (non-hydrogen) atoms. The van der Waals surface area contributed by atoms with Crippen molar-refractivity contribution in [2.24, 2.45) is 7.05 Å². The summed E-state index contributed by atoms with van der Waals surface area (Å²) in [5.41, 5.74) is 2.97. The lowest BCUT2D eigenvalue weighted by Crippen LogP contribution is -2.09. The molecule has 5 nitrogen and oxygen atoms in total. The maximum absolute atomic E-state index is 11.7. The van der Waals surface area contributed by atoms with E-state index in [4.69, 9.17) is 0 Å². The van der Waals surface area contributed by atoms with E-state index in [0.717, 1.165) is 28.0 Å². The van der Waals surface area contributed by atoms with E-state index < -0.39 is 0 Å². The van der Waals surface area contributed by atoms with Crippen molar-refractivity contribution in [2.75, 3.05) is 5.32 Å². The van der Waals surface area contributed by atoms with E-state index in [1.54, 1.807) is 11.8 Å². The van der Waals surface area contributed by atoms with Crippen LogP contribution in [-0.2, 0) is 17.6 Å². The minimum atomic E-state index is -0.00792. The van der Waals surface area contributed by atoms with Gasteiger partial charge in [0.25, 0.3) is 0 Å². The molecule has 146 valence electrons. The molecule has 4 rings (SSSR count). The molecule has 1 heterocycles. The van der Waals surface area contributed by atoms with Gasteiger partial charge >= 0.3 is 0 Å². The molecular weight excluding hydrogens is 380 g/mol. The zero-order valence-corrected chi connectivity index (χ0v) is 17.2. The van der Waals surface area contributed by atoms with Crippen LogP contribution in [0.5, 0.6) is 0 Å². The minimum absolute atomic E-state index is 0.00792. The van der Waals surface area contributed by atoms with Gasteiger partial charge < -0.3 is 9.88 Å². The third-order valence-electron chi connectivity index (χ3n) is 4.80. The second-order valence-corrected chi connectivity index (χ2v) is 7.72. The smallest absolute Gasteiger partial charge is 0.224 e. The average Bonchev–Trinajstić information content (AvgIpc) is 3.12. The summed E-state index contributed by atoms with van der Waals surface area (Å²) in [6.45, 7) is 1.83. The van der Waals surface area contributed by atoms with E-state index in [0.29, 0.717) is 6.42 Å². The zero-order chi connectivity index (χ0) is 20.2. The molecule has 0 aliphatic carbocycles. The standard InChI is InChI=1S/C23H22N4OS/c1-3-21(28)24-19-12-7-10-17(14-19)22-25-26-23(27(22)2)29-15-18-11-6-9-16-8-4-5-13-20(16)18/h4-14H,3,15H2,1-2H3,(H,24,28). The number of benzene rings is 3. The Morgan fingerprint density at radius 3 is 2.69 bits per heavy atom. The molecule has 0 fully saturated rings. The normalized spacial score (nSPS) is 11.0. The molecule has 0 spiro atoms. The largest absolute Gasteiger partial charge is 0.326 e. The Hall–Kier alpha value is -3.12. The Labute approximate surface area is 174 Å². The number of amides is 1. The number of hydrogen-bond donors (Lipinski definition) is 1. The highest BCUT2D eigenvalue weighted by atomic mass is 32.2. The Bertz CT molecular complexity index is 1160. The number of thioether (sulfide) groups is 1. The summed E-state index contributed by atoms with van der Waals surface area (Å²) >= 11 is 1.67. The van der Waals surface area contributed by atoms with Crippen molar-refractivity contribution in [1.82, 2.24) is 14.8 Å². The Morgan fingerprint density at radius 2 is 1.83 bits per heavy atom. The number of nitrogens with one attached hydrogen (secondary N) is 1. The van der Waals surface area contributed by atoms with Crippen LogP contribution in [-0.4, -0.2) is 20.7 Å². The molecule has 0 aliphatic rings. The number of carbonyl (C=O) groups is 1. The predicted molar refractivity (Wildman–Crippen MR) is 119 cm³/mol. The van der Waals surface area contributed by atoms with Crippen molar-refractivity contribution in [1.29, 1.82) is 0 Å². The van der Waals surface area contributed by atoms with Gasteiger partial charge in [-0.05, 0) is 28.5 Å². The third kappa shape index (κ3) is 4.17. The Balaban J connectivity index is 1.55. The van der Waals surface area contributed by atoms with Crippen molar-refractivity contribution >= 4 is 34.1 Å². The third-order valence-corrected chi connectivity index (χ3v) is 5.87. The molecule has 0 unspecified atom stereocenters. The average molecular weight is 403 g/mol. The number of rotatable bonds is 6. The fraction of sp³-hybridized carbons (Fsp3) is 0.174. The van der Waals surface area contributed by atoms with E-state index in [2.05, 4.69) is 58.0 Å². The maximum Gasteiger partial charge on any atom is 0.224 e. The van der Waals surface area contributed by atoms with Gasteiger partial charge in [0.1, 0.15) is 0 Å². The van der Waals surface area contributed by atoms with E-state index >= 15 is 0 Å². The van der Waals surface area contributed by atoms with E-state index in [1.165, 1.54) is 16.3 Å². The SMILES string of the molecule is CCC(=O)Nc1cccc(-c2nnc(SCc3cccc4ccccc34)n2C)c1. The van der Waals surface area contributed by atoms with Crippen LogP contribution in [0.25, 0.3) is 22.2 Å². The predicted octanol–water partition coefficient (Wildman–Crippen LogP) is 5.28. The van der Waals surface area contributed by atoms with Crippen LogP contribution in [0.1, 0.15) is 18.9 Å². The summed E-state index contributed by atoms with van der Waals surface area (Å²) in [5.74, 6) is 1.59. The summed E-state index contributed by atoms with van der Waals surface area (Å²) in [6, 6.07) is 22.5. The second-order valence-electron chi connectivity index (χ2n) is 6.77. The highest BCUT2D eigenvalue weighted by Crippen LogP contribution is 2.29. The van der Waals surface area contributed by atoms with E-state index in [1.807, 2.05) is 42.8 Å². The summed E-state index contributed by atoms with van der Waals surface area (Å²) < 4.78 is 2.00. The van der Waals surface area contributed by atoms with Gasteiger partial charge in [-0.15, -0.1) is 10.2 Å². The molecule has 1 aromatic heterocycles. The number of hydrogen-bond acceptors (Lipinski definition) is 4. The topological polar surface area (TPSA) is 59.8 Å². The van der Waals surface area contributed by atoms with Crippen LogP contribution < -0.4 is 5.32 Å². The van der Waals surface area contributed by atoms with Gasteiger partial charge in [0.05, 0.1) is 0 Å². The molecule has 0 saturated heterocycles. The van der Waals surface area contributed by atoms with Gasteiger partial charge in [-0.1, -0.05) is 73.3 Å². The fourth-order valence-electron chi connectivity index (χ4n) is 3.24. The number of aromatic nitrogens is 3. The molecule has 0 radical (unpaired) electrons. The van der Waals surface area contributed by atoms with Crippen molar-refractivity contribution in [2.45, 2.75) is 24.3 Å². The first-order valence-electron chi connectivity index (χ1n) is 9.55. The van der Waals surface area contributed by atoms with Gasteiger partial charge in [-0.25, -0.2) is 0 Å². The van der Waals surface area contributed by atoms with E-state index in [-0.39, 0.29) is 5.91 Å². The lowest BCUT2D eigenvalue weighted by molar-refractivity contribution is -0.115. The zero-order valence-electron chi connectivity index (χ0n) is 16.4. The summed E-state index contributed by atoms with van der Waals surface area (Å²) in [6.07, 6.45) is 0.448. The summed E-state index contributed by atoms with van der Waals surface area (Å²) in [7, 11) is 1.97. The first-order chi connectivity index (χ1) is 14.2. The Morgan fingerprint density at radius 1 is 1.03 bits per heavy atom. The fourth-order valence-corrected chi connectivity index (χ4v) is 4.15. The van der Waals surface area contributed by atoms with Gasteiger partial charge in [0.15, 0.2) is 11.0 Å². The number of fused-ring (bicyclic) bond motifs is 1. The van der Waals surface area contributed by atoms with Crippen LogP contribution in [0.2, 0.25) is 0 Å². The molecule has 0 saturated carbocycles. The monoisotopic (exact) mass is 402 g/mol. The van der Waals surface area contributed by atoms with Crippen LogP contribution in [0, 0.1) is 0 Å². The van der Waals surface area contributed by atoms with Crippen molar-refractivity contribution < 1.29 is 4.79 Å². The van der Waals surface area contributed by atoms with Crippen molar-refractivity contribution in [3.63, 3.8) is 0 Å². The molecular formula is C23H22N4OS. The molecule has 0 aliphatic heterocycles. The van der Waals surface area contributed by atoms with Crippen LogP contribution in [0.3, 0.4) is 0 Å². The maximum atomic E-state index is 11.7. The Kier molecular flexibility index (Phi) is 5.62. The van der Waals surface area contributed by atoms with Crippen molar-refractivity contribution in [3.8, 4) is 11.4 Å². The van der Waals surface area contributed by atoms with Gasteiger partial charge in [-0.2, -0.15) is 0 Å². The molecule has 0 atom stereocenters. The lowest BCUT2D eigenvalue weighted by Gasteiger charge is -2.08. The number of anilines is 1. The summed E-state index contributed by atoms with van der Waals surface area (Å²) in [5, 5.41) is 15.0. The molecule has 6 heteroatoms. The highest BCUT2D eigenvalue weighted by molar-refractivity contribution is 7.98.